The van der Waals surface area contributed by atoms with Crippen LogP contribution in [0.25, 0.3) is 0 Å². The minimum absolute atomic E-state index is 0.155. The minimum Gasteiger partial charge on any atom is -0.508 e. The number of unbranched alkanes of at least 4 members (excludes halogenated alkanes) is 9. The molecule has 0 aliphatic heterocycles. The number of aromatic hydroxyl groups is 1. The topological polar surface area (TPSA) is 76.1 Å². The highest BCUT2D eigenvalue weighted by atomic mass is 16.6. The summed E-state index contributed by atoms with van der Waals surface area (Å²) in [4.78, 5) is 27.2. The normalized spacial score (nSPS) is 12.3. The molecule has 0 radical (unpaired) electrons. The zero-order chi connectivity index (χ0) is 24.7. The number of ether oxygens (including phenoxy) is 2. The Hall–Kier alpha value is -2.24. The second kappa shape index (κ2) is 15.6. The van der Waals surface area contributed by atoms with Crippen molar-refractivity contribution in [2.24, 2.45) is 0 Å². The monoisotopic (exact) mass is 463 g/mol. The number of phenolic OH excluding ortho intramolecular Hbond substituents is 1. The lowest BCUT2D eigenvalue weighted by Gasteiger charge is -2.32. The van der Waals surface area contributed by atoms with Gasteiger partial charge in [0.25, 0.3) is 0 Å². The van der Waals surface area contributed by atoms with Gasteiger partial charge in [0.1, 0.15) is 17.4 Å². The van der Waals surface area contributed by atoms with Gasteiger partial charge in [-0.25, -0.2) is 9.59 Å². The van der Waals surface area contributed by atoms with Gasteiger partial charge in [0.15, 0.2) is 0 Å². The van der Waals surface area contributed by atoms with Crippen molar-refractivity contribution in [1.29, 1.82) is 0 Å². The molecule has 0 heterocycles. The maximum atomic E-state index is 13.0. The molecule has 1 amide bonds. The van der Waals surface area contributed by atoms with E-state index in [-0.39, 0.29) is 5.75 Å². The van der Waals surface area contributed by atoms with E-state index in [2.05, 4.69) is 6.92 Å². The fraction of sp³-hybridized carbons (Fsp3) is 0.704. The number of amides is 1. The highest BCUT2D eigenvalue weighted by molar-refractivity contribution is 5.81. The second-order valence-corrected chi connectivity index (χ2v) is 9.77. The molecule has 1 unspecified atom stereocenters. The standard InChI is InChI=1S/C27H45NO5/c1-6-7-8-9-10-11-12-13-14-15-20-28(26(31)33-27(2,3)4)24(25(30)32-5)21-22-16-18-23(29)19-17-22/h16-19,24,29H,6-15,20-21H2,1-5H3. The van der Waals surface area contributed by atoms with Crippen LogP contribution in [0.4, 0.5) is 4.79 Å². The van der Waals surface area contributed by atoms with Gasteiger partial charge in [-0.1, -0.05) is 76.8 Å². The number of carbonyl (C=O) groups excluding carboxylic acids is 2. The highest BCUT2D eigenvalue weighted by Crippen LogP contribution is 2.19. The molecule has 1 aromatic rings. The van der Waals surface area contributed by atoms with Gasteiger partial charge in [0, 0.05) is 13.0 Å². The predicted molar refractivity (Wildman–Crippen MR) is 132 cm³/mol. The number of methoxy groups -OCH3 is 1. The number of esters is 1. The van der Waals surface area contributed by atoms with E-state index in [1.54, 1.807) is 24.3 Å². The van der Waals surface area contributed by atoms with E-state index in [9.17, 15) is 14.7 Å². The fourth-order valence-corrected chi connectivity index (χ4v) is 3.78. The van der Waals surface area contributed by atoms with E-state index >= 15 is 0 Å². The van der Waals surface area contributed by atoms with Crippen LogP contribution in [0.5, 0.6) is 5.75 Å². The van der Waals surface area contributed by atoms with Crippen LogP contribution in [-0.2, 0) is 20.7 Å². The van der Waals surface area contributed by atoms with E-state index < -0.39 is 23.7 Å². The largest absolute Gasteiger partial charge is 0.508 e. The quantitative estimate of drug-likeness (QED) is 0.233. The van der Waals surface area contributed by atoms with Crippen LogP contribution in [0.3, 0.4) is 0 Å². The van der Waals surface area contributed by atoms with Crippen molar-refractivity contribution in [3.05, 3.63) is 29.8 Å². The molecule has 0 spiro atoms. The van der Waals surface area contributed by atoms with Crippen molar-refractivity contribution in [2.75, 3.05) is 13.7 Å². The molecule has 0 saturated carbocycles. The smallest absolute Gasteiger partial charge is 0.411 e. The van der Waals surface area contributed by atoms with Crippen molar-refractivity contribution in [3.8, 4) is 5.75 Å². The number of hydrogen-bond donors (Lipinski definition) is 1. The molecule has 0 aliphatic rings. The van der Waals surface area contributed by atoms with Gasteiger partial charge in [-0.3, -0.25) is 4.90 Å². The molecule has 0 bridgehead atoms. The molecule has 6 heteroatoms. The van der Waals surface area contributed by atoms with Gasteiger partial charge in [-0.05, 0) is 44.9 Å². The Bertz CT molecular complexity index is 681. The number of carbonyl (C=O) groups is 2. The lowest BCUT2D eigenvalue weighted by atomic mass is 10.0. The Balaban J connectivity index is 2.72. The van der Waals surface area contributed by atoms with Crippen LogP contribution in [0.1, 0.15) is 97.5 Å². The zero-order valence-electron chi connectivity index (χ0n) is 21.4. The summed E-state index contributed by atoms with van der Waals surface area (Å²) in [6.07, 6.45) is 11.7. The van der Waals surface area contributed by atoms with Crippen LogP contribution in [0.15, 0.2) is 24.3 Å². The summed E-state index contributed by atoms with van der Waals surface area (Å²) in [5.74, 6) is -0.316. The molecule has 188 valence electrons. The van der Waals surface area contributed by atoms with Gasteiger partial charge >= 0.3 is 12.1 Å². The molecule has 0 saturated heterocycles. The summed E-state index contributed by atoms with van der Waals surface area (Å²) in [7, 11) is 1.33. The van der Waals surface area contributed by atoms with Crippen molar-refractivity contribution in [2.45, 2.75) is 110 Å². The Labute approximate surface area is 200 Å². The number of rotatable bonds is 15. The maximum Gasteiger partial charge on any atom is 0.411 e. The Morgan fingerprint density at radius 1 is 0.909 bits per heavy atom. The minimum atomic E-state index is -0.784. The first-order valence-corrected chi connectivity index (χ1v) is 12.5. The summed E-state index contributed by atoms with van der Waals surface area (Å²) in [5, 5.41) is 9.55. The molecular formula is C27H45NO5. The Morgan fingerprint density at radius 3 is 1.91 bits per heavy atom. The van der Waals surface area contributed by atoms with Crippen LogP contribution < -0.4 is 0 Å². The van der Waals surface area contributed by atoms with Gasteiger partial charge in [-0.2, -0.15) is 0 Å². The van der Waals surface area contributed by atoms with E-state index in [4.69, 9.17) is 9.47 Å². The fourth-order valence-electron chi connectivity index (χ4n) is 3.78. The van der Waals surface area contributed by atoms with E-state index in [1.807, 2.05) is 20.8 Å². The van der Waals surface area contributed by atoms with Crippen LogP contribution in [-0.4, -0.2) is 47.4 Å². The number of benzene rings is 1. The first-order valence-electron chi connectivity index (χ1n) is 12.5. The number of nitrogens with zero attached hydrogens (tertiary/aromatic N) is 1. The SMILES string of the molecule is CCCCCCCCCCCCN(C(=O)OC(C)(C)C)C(Cc1ccc(O)cc1)C(=O)OC. The van der Waals surface area contributed by atoms with Gasteiger partial charge < -0.3 is 14.6 Å². The third kappa shape index (κ3) is 12.5. The summed E-state index contributed by atoms with van der Waals surface area (Å²) in [5.41, 5.74) is 0.173. The second-order valence-electron chi connectivity index (χ2n) is 9.77. The molecule has 0 fully saturated rings. The van der Waals surface area contributed by atoms with Crippen LogP contribution in [0, 0.1) is 0 Å². The van der Waals surface area contributed by atoms with Crippen molar-refractivity contribution < 1.29 is 24.2 Å². The zero-order valence-corrected chi connectivity index (χ0v) is 21.4. The van der Waals surface area contributed by atoms with Crippen LogP contribution >= 0.6 is 0 Å². The first kappa shape index (κ1) is 28.8. The molecule has 0 aromatic heterocycles. The molecule has 33 heavy (non-hydrogen) atoms. The molecule has 1 rings (SSSR count). The average molecular weight is 464 g/mol. The number of hydrogen-bond acceptors (Lipinski definition) is 5. The Morgan fingerprint density at radius 2 is 1.42 bits per heavy atom. The lowest BCUT2D eigenvalue weighted by molar-refractivity contribution is -0.146. The summed E-state index contributed by atoms with van der Waals surface area (Å²) >= 11 is 0. The molecule has 1 aromatic carbocycles. The molecule has 1 N–H and O–H groups in total. The lowest BCUT2D eigenvalue weighted by Crippen LogP contribution is -2.49. The van der Waals surface area contributed by atoms with Crippen LogP contribution in [0.2, 0.25) is 0 Å². The van der Waals surface area contributed by atoms with Gasteiger partial charge in [0.2, 0.25) is 0 Å². The van der Waals surface area contributed by atoms with Gasteiger partial charge in [0.05, 0.1) is 7.11 Å². The first-order chi connectivity index (χ1) is 15.7. The molecule has 0 aliphatic carbocycles. The van der Waals surface area contributed by atoms with E-state index in [1.165, 1.54) is 57.0 Å². The molecular weight excluding hydrogens is 418 g/mol. The molecule has 6 nitrogen and oxygen atoms in total. The number of phenols is 1. The highest BCUT2D eigenvalue weighted by Gasteiger charge is 2.33. The predicted octanol–water partition coefficient (Wildman–Crippen LogP) is 6.63. The molecule has 1 atom stereocenters. The third-order valence-electron chi connectivity index (χ3n) is 5.60. The van der Waals surface area contributed by atoms with E-state index in [0.717, 1.165) is 24.8 Å². The van der Waals surface area contributed by atoms with Gasteiger partial charge in [-0.15, -0.1) is 0 Å². The van der Waals surface area contributed by atoms with E-state index in [0.29, 0.717) is 13.0 Å². The van der Waals surface area contributed by atoms with Crippen molar-refractivity contribution in [1.82, 2.24) is 4.90 Å². The third-order valence-corrected chi connectivity index (χ3v) is 5.60. The summed E-state index contributed by atoms with van der Waals surface area (Å²) < 4.78 is 10.6. The Kier molecular flexibility index (Phi) is 13.6. The average Bonchev–Trinajstić information content (AvgIpc) is 2.76. The van der Waals surface area contributed by atoms with Crippen molar-refractivity contribution >= 4 is 12.1 Å². The maximum absolute atomic E-state index is 13.0. The van der Waals surface area contributed by atoms with Crippen molar-refractivity contribution in [3.63, 3.8) is 0 Å². The summed E-state index contributed by atoms with van der Waals surface area (Å²) in [6.45, 7) is 8.11. The summed E-state index contributed by atoms with van der Waals surface area (Å²) in [6, 6.07) is 5.86.